The molecule has 0 amide bonds. The number of hydrogen-bond donors (Lipinski definition) is 2. The van der Waals surface area contributed by atoms with E-state index in [9.17, 15) is 0 Å². The van der Waals surface area contributed by atoms with Crippen molar-refractivity contribution in [2.45, 2.75) is 33.6 Å². The summed E-state index contributed by atoms with van der Waals surface area (Å²) >= 11 is 0. The third kappa shape index (κ3) is 2.80. The van der Waals surface area contributed by atoms with Gasteiger partial charge in [0.2, 0.25) is 0 Å². The van der Waals surface area contributed by atoms with Crippen LogP contribution in [0.3, 0.4) is 0 Å². The molecule has 1 aromatic rings. The Morgan fingerprint density at radius 2 is 2.05 bits per heavy atom. The molecule has 2 rings (SSSR count). The summed E-state index contributed by atoms with van der Waals surface area (Å²) in [6.07, 6.45) is 2.35. The summed E-state index contributed by atoms with van der Waals surface area (Å²) in [6.45, 7) is 8.17. The predicted octanol–water partition coefficient (Wildman–Crippen LogP) is 2.03. The second-order valence-electron chi connectivity index (χ2n) is 5.40. The van der Waals surface area contributed by atoms with Crippen molar-refractivity contribution in [3.8, 4) is 0 Å². The van der Waals surface area contributed by atoms with Crippen molar-refractivity contribution < 1.29 is 5.21 Å². The third-order valence-corrected chi connectivity index (χ3v) is 3.80. The zero-order valence-corrected chi connectivity index (χ0v) is 11.8. The predicted molar refractivity (Wildman–Crippen MR) is 76.8 cm³/mol. The maximum absolute atomic E-state index is 8.96. The Hall–Kier alpha value is -1.78. The van der Waals surface area contributed by atoms with Gasteiger partial charge in [0.1, 0.15) is 0 Å². The molecule has 1 aliphatic rings. The number of amidine groups is 1. The van der Waals surface area contributed by atoms with Crippen LogP contribution in [-0.2, 0) is 0 Å². The first-order chi connectivity index (χ1) is 9.02. The van der Waals surface area contributed by atoms with Gasteiger partial charge in [-0.25, -0.2) is 0 Å². The van der Waals surface area contributed by atoms with E-state index in [2.05, 4.69) is 22.0 Å². The minimum atomic E-state index is 0.138. The SMILES string of the molecule is Cc1cc(N2CCC(C)CC2)c(/C(N)=N/O)c(C)n1. The molecule has 0 spiro atoms. The van der Waals surface area contributed by atoms with Crippen molar-refractivity contribution in [1.82, 2.24) is 4.98 Å². The van der Waals surface area contributed by atoms with Gasteiger partial charge in [-0.3, -0.25) is 4.98 Å². The maximum Gasteiger partial charge on any atom is 0.174 e. The van der Waals surface area contributed by atoms with Crippen molar-refractivity contribution in [2.75, 3.05) is 18.0 Å². The van der Waals surface area contributed by atoms with Crippen LogP contribution in [-0.4, -0.2) is 29.1 Å². The molecule has 0 aromatic carbocycles. The van der Waals surface area contributed by atoms with E-state index < -0.39 is 0 Å². The van der Waals surface area contributed by atoms with Gasteiger partial charge in [0.15, 0.2) is 5.84 Å². The van der Waals surface area contributed by atoms with Gasteiger partial charge in [0, 0.05) is 18.8 Å². The monoisotopic (exact) mass is 262 g/mol. The number of nitrogens with zero attached hydrogens (tertiary/aromatic N) is 3. The summed E-state index contributed by atoms with van der Waals surface area (Å²) < 4.78 is 0. The molecule has 1 aliphatic heterocycles. The van der Waals surface area contributed by atoms with Crippen LogP contribution < -0.4 is 10.6 Å². The van der Waals surface area contributed by atoms with Crippen molar-refractivity contribution in [3.63, 3.8) is 0 Å². The Morgan fingerprint density at radius 3 is 2.63 bits per heavy atom. The summed E-state index contributed by atoms with van der Waals surface area (Å²) in [5, 5.41) is 12.1. The number of rotatable bonds is 2. The highest BCUT2D eigenvalue weighted by molar-refractivity contribution is 6.03. The maximum atomic E-state index is 8.96. The van der Waals surface area contributed by atoms with E-state index in [1.807, 2.05) is 19.9 Å². The molecule has 1 aromatic heterocycles. The molecule has 0 bridgehead atoms. The number of aromatic nitrogens is 1. The highest BCUT2D eigenvalue weighted by Crippen LogP contribution is 2.28. The van der Waals surface area contributed by atoms with Crippen LogP contribution >= 0.6 is 0 Å². The first-order valence-electron chi connectivity index (χ1n) is 6.74. The Morgan fingerprint density at radius 1 is 1.42 bits per heavy atom. The molecule has 104 valence electrons. The fourth-order valence-electron chi connectivity index (χ4n) is 2.67. The lowest BCUT2D eigenvalue weighted by molar-refractivity contribution is 0.318. The number of aryl methyl sites for hydroxylation is 2. The van der Waals surface area contributed by atoms with Crippen LogP contribution in [0.15, 0.2) is 11.2 Å². The fourth-order valence-corrected chi connectivity index (χ4v) is 2.67. The summed E-state index contributed by atoms with van der Waals surface area (Å²) in [5.41, 5.74) is 9.37. The van der Waals surface area contributed by atoms with Crippen LogP contribution in [0, 0.1) is 19.8 Å². The van der Waals surface area contributed by atoms with Crippen molar-refractivity contribution >= 4 is 11.5 Å². The lowest BCUT2D eigenvalue weighted by Gasteiger charge is -2.33. The Kier molecular flexibility index (Phi) is 3.93. The van der Waals surface area contributed by atoms with Crippen molar-refractivity contribution in [3.05, 3.63) is 23.0 Å². The molecule has 2 heterocycles. The van der Waals surface area contributed by atoms with E-state index in [4.69, 9.17) is 10.9 Å². The molecule has 3 N–H and O–H groups in total. The fraction of sp³-hybridized carbons (Fsp3) is 0.571. The van der Waals surface area contributed by atoms with Gasteiger partial charge < -0.3 is 15.8 Å². The average Bonchev–Trinajstić information content (AvgIpc) is 2.38. The van der Waals surface area contributed by atoms with E-state index in [0.29, 0.717) is 0 Å². The second kappa shape index (κ2) is 5.47. The molecular weight excluding hydrogens is 240 g/mol. The van der Waals surface area contributed by atoms with Crippen LogP contribution in [0.4, 0.5) is 5.69 Å². The quantitative estimate of drug-likeness (QED) is 0.370. The van der Waals surface area contributed by atoms with Gasteiger partial charge >= 0.3 is 0 Å². The molecule has 5 heteroatoms. The molecule has 1 fully saturated rings. The van der Waals surface area contributed by atoms with Gasteiger partial charge in [-0.15, -0.1) is 0 Å². The number of anilines is 1. The van der Waals surface area contributed by atoms with Crippen molar-refractivity contribution in [2.24, 2.45) is 16.8 Å². The molecule has 0 saturated carbocycles. The minimum Gasteiger partial charge on any atom is -0.409 e. The van der Waals surface area contributed by atoms with E-state index in [1.165, 1.54) is 12.8 Å². The van der Waals surface area contributed by atoms with E-state index in [1.54, 1.807) is 0 Å². The molecule has 1 saturated heterocycles. The first kappa shape index (κ1) is 13.6. The number of pyridine rings is 1. The molecule has 19 heavy (non-hydrogen) atoms. The minimum absolute atomic E-state index is 0.138. The van der Waals surface area contributed by atoms with E-state index in [0.717, 1.165) is 41.6 Å². The molecule has 0 atom stereocenters. The zero-order valence-electron chi connectivity index (χ0n) is 11.8. The average molecular weight is 262 g/mol. The van der Waals surface area contributed by atoms with E-state index >= 15 is 0 Å². The normalized spacial score (nSPS) is 17.8. The number of nitrogens with two attached hydrogens (primary N) is 1. The lowest BCUT2D eigenvalue weighted by Crippen LogP contribution is -2.35. The Labute approximate surface area is 114 Å². The number of piperidine rings is 1. The summed E-state index contributed by atoms with van der Waals surface area (Å²) in [6, 6.07) is 2.02. The molecular formula is C14H22N4O. The van der Waals surface area contributed by atoms with Gasteiger partial charge in [-0.1, -0.05) is 12.1 Å². The molecule has 0 unspecified atom stereocenters. The summed E-state index contributed by atoms with van der Waals surface area (Å²) in [7, 11) is 0. The van der Waals surface area contributed by atoms with Crippen molar-refractivity contribution in [1.29, 1.82) is 0 Å². The van der Waals surface area contributed by atoms with Gasteiger partial charge in [0.25, 0.3) is 0 Å². The van der Waals surface area contributed by atoms with Crippen LogP contribution in [0.5, 0.6) is 0 Å². The Balaban J connectivity index is 2.43. The second-order valence-corrected chi connectivity index (χ2v) is 5.40. The van der Waals surface area contributed by atoms with Gasteiger partial charge in [-0.2, -0.15) is 0 Å². The smallest absolute Gasteiger partial charge is 0.174 e. The topological polar surface area (TPSA) is 74.7 Å². The number of hydrogen-bond acceptors (Lipinski definition) is 4. The molecule has 5 nitrogen and oxygen atoms in total. The third-order valence-electron chi connectivity index (χ3n) is 3.80. The van der Waals surface area contributed by atoms with Crippen LogP contribution in [0.25, 0.3) is 0 Å². The first-order valence-corrected chi connectivity index (χ1v) is 6.74. The highest BCUT2D eigenvalue weighted by atomic mass is 16.4. The van der Waals surface area contributed by atoms with Crippen LogP contribution in [0.1, 0.15) is 36.7 Å². The largest absolute Gasteiger partial charge is 0.409 e. The molecule has 0 radical (unpaired) electrons. The van der Waals surface area contributed by atoms with Crippen LogP contribution in [0.2, 0.25) is 0 Å². The summed E-state index contributed by atoms with van der Waals surface area (Å²) in [5.74, 6) is 0.909. The number of oxime groups is 1. The summed E-state index contributed by atoms with van der Waals surface area (Å²) in [4.78, 5) is 6.73. The Bertz CT molecular complexity index is 490. The molecule has 0 aliphatic carbocycles. The van der Waals surface area contributed by atoms with Gasteiger partial charge in [-0.05, 0) is 38.7 Å². The lowest BCUT2D eigenvalue weighted by atomic mass is 9.97. The standard InChI is InChI=1S/C14H22N4O/c1-9-4-6-18(7-5-9)12-8-10(2)16-11(3)13(12)14(15)17-19/h8-9,19H,4-7H2,1-3H3,(H2,15,17). The highest BCUT2D eigenvalue weighted by Gasteiger charge is 2.21. The van der Waals surface area contributed by atoms with E-state index in [-0.39, 0.29) is 5.84 Å². The van der Waals surface area contributed by atoms with Gasteiger partial charge in [0.05, 0.1) is 16.9 Å². The zero-order chi connectivity index (χ0) is 14.0.